The van der Waals surface area contributed by atoms with Gasteiger partial charge in [-0.3, -0.25) is 0 Å². The summed E-state index contributed by atoms with van der Waals surface area (Å²) in [7, 11) is -8.38. The number of sulfonamides is 3. The molecule has 1 saturated heterocycles. The first-order valence-corrected chi connectivity index (χ1v) is 13.7. The van der Waals surface area contributed by atoms with E-state index >= 15 is 0 Å². The van der Waals surface area contributed by atoms with E-state index in [9.17, 15) is 25.3 Å². The summed E-state index contributed by atoms with van der Waals surface area (Å²) < 4.78 is 75.1. The quantitative estimate of drug-likeness (QED) is 0.574. The highest BCUT2D eigenvalue weighted by Crippen LogP contribution is 2.36. The topological polar surface area (TPSA) is 173 Å². The molecule has 4 rings (SSSR count). The lowest BCUT2D eigenvalue weighted by Crippen LogP contribution is -2.31. The lowest BCUT2D eigenvalue weighted by Gasteiger charge is -2.26. The van der Waals surface area contributed by atoms with E-state index in [-0.39, 0.29) is 20.4 Å². The van der Waals surface area contributed by atoms with Gasteiger partial charge in [0.1, 0.15) is 15.6 Å². The molecule has 14 heteroatoms. The van der Waals surface area contributed by atoms with Crippen LogP contribution in [0.15, 0.2) is 61.5 Å². The normalized spacial score (nSPS) is 17.1. The van der Waals surface area contributed by atoms with Gasteiger partial charge in [0.25, 0.3) is 10.0 Å². The molecule has 4 N–H and O–H groups in total. The Kier molecular flexibility index (Phi) is 6.36. The van der Waals surface area contributed by atoms with Gasteiger partial charge in [0, 0.05) is 27.1 Å². The van der Waals surface area contributed by atoms with Crippen molar-refractivity contribution in [3.8, 4) is 0 Å². The van der Waals surface area contributed by atoms with Crippen molar-refractivity contribution < 1.29 is 25.3 Å². The number of amidine groups is 1. The summed E-state index contributed by atoms with van der Waals surface area (Å²) in [5.74, 6) is 0.533. The lowest BCUT2D eigenvalue weighted by atomic mass is 10.3. The molecule has 0 bridgehead atoms. The van der Waals surface area contributed by atoms with E-state index in [4.69, 9.17) is 10.9 Å². The number of nitrogens with two attached hydrogens (primary N) is 2. The average molecular weight is 502 g/mol. The average Bonchev–Trinajstić information content (AvgIpc) is 3.15. The van der Waals surface area contributed by atoms with Gasteiger partial charge >= 0.3 is 0 Å². The van der Waals surface area contributed by atoms with Crippen molar-refractivity contribution >= 4 is 47.3 Å². The predicted molar refractivity (Wildman–Crippen MR) is 121 cm³/mol. The molecular weight excluding hydrogens is 478 g/mol. The van der Waals surface area contributed by atoms with Crippen molar-refractivity contribution in [1.82, 2.24) is 4.31 Å². The van der Waals surface area contributed by atoms with Crippen LogP contribution in [0.5, 0.6) is 0 Å². The third kappa shape index (κ3) is 4.63. The van der Waals surface area contributed by atoms with E-state index in [1.54, 1.807) is 18.2 Å². The second kappa shape index (κ2) is 8.44. The summed E-state index contributed by atoms with van der Waals surface area (Å²) in [6.07, 6.45) is 1.46. The van der Waals surface area contributed by atoms with Crippen LogP contribution >= 0.6 is 0 Å². The van der Waals surface area contributed by atoms with Crippen LogP contribution in [-0.4, -0.2) is 56.0 Å². The first-order chi connectivity index (χ1) is 14.7. The number of benzene rings is 2. The molecule has 11 nitrogen and oxygen atoms in total. The predicted octanol–water partition coefficient (Wildman–Crippen LogP) is 0.554. The van der Waals surface area contributed by atoms with E-state index in [1.165, 1.54) is 38.4 Å². The molecule has 2 aliphatic heterocycles. The molecule has 0 aromatic heterocycles. The minimum absolute atomic E-state index is 0.0278. The highest BCUT2D eigenvalue weighted by molar-refractivity contribution is 7.91. The molecule has 0 unspecified atom stereocenters. The number of fused-ring (bicyclic) bond motifs is 3. The Labute approximate surface area is 187 Å². The zero-order valence-electron chi connectivity index (χ0n) is 17.3. The van der Waals surface area contributed by atoms with Crippen LogP contribution in [0.25, 0.3) is 0 Å². The molecule has 2 aliphatic rings. The first kappa shape index (κ1) is 24.1. The number of para-hydroxylation sites is 1. The van der Waals surface area contributed by atoms with E-state index in [2.05, 4.69) is 4.40 Å². The third-order valence-electron chi connectivity index (χ3n) is 4.82. The van der Waals surface area contributed by atoms with Crippen LogP contribution in [0.4, 0.5) is 11.4 Å². The highest BCUT2D eigenvalue weighted by Gasteiger charge is 2.34. The second-order valence-electron chi connectivity index (χ2n) is 7.24. The molecule has 0 spiro atoms. The summed E-state index contributed by atoms with van der Waals surface area (Å²) in [5.41, 5.74) is 6.03. The van der Waals surface area contributed by atoms with Gasteiger partial charge in [0.05, 0.1) is 16.3 Å². The van der Waals surface area contributed by atoms with Gasteiger partial charge in [0.2, 0.25) is 20.0 Å². The van der Waals surface area contributed by atoms with Gasteiger partial charge in [-0.2, -0.15) is 8.42 Å². The van der Waals surface area contributed by atoms with Gasteiger partial charge in [-0.1, -0.05) is 12.1 Å². The number of nitrogens with zero attached hydrogens (tertiary/aromatic N) is 3. The minimum atomic E-state index is -3.84. The van der Waals surface area contributed by atoms with Crippen LogP contribution < -0.4 is 15.8 Å². The van der Waals surface area contributed by atoms with E-state index in [0.717, 1.165) is 10.7 Å². The number of nitrogen functional groups attached to an aromatic ring is 1. The van der Waals surface area contributed by atoms with Crippen molar-refractivity contribution in [1.29, 1.82) is 0 Å². The Morgan fingerprint density at radius 1 is 1.06 bits per heavy atom. The molecule has 0 atom stereocenters. The van der Waals surface area contributed by atoms with Crippen molar-refractivity contribution in [2.75, 3.05) is 31.3 Å². The number of anilines is 2. The fourth-order valence-electron chi connectivity index (χ4n) is 3.24. The van der Waals surface area contributed by atoms with Crippen LogP contribution in [0, 0.1) is 0 Å². The van der Waals surface area contributed by atoms with Crippen molar-refractivity contribution in [2.24, 2.45) is 9.54 Å². The largest absolute Gasteiger partial charge is 0.398 e. The van der Waals surface area contributed by atoms with Gasteiger partial charge in [-0.15, -0.1) is 4.40 Å². The molecule has 0 aliphatic carbocycles. The van der Waals surface area contributed by atoms with Crippen LogP contribution in [0.3, 0.4) is 0 Å². The molecule has 2 heterocycles. The molecule has 0 amide bonds. The summed E-state index contributed by atoms with van der Waals surface area (Å²) in [4.78, 5) is 1.71. The second-order valence-corrected chi connectivity index (χ2v) is 12.5. The Morgan fingerprint density at radius 2 is 1.72 bits per heavy atom. The van der Waals surface area contributed by atoms with E-state index in [0.29, 0.717) is 24.5 Å². The van der Waals surface area contributed by atoms with Crippen LogP contribution in [0.1, 0.15) is 12.8 Å². The molecule has 0 saturated carbocycles. The third-order valence-corrected chi connectivity index (χ3v) is 8.95. The summed E-state index contributed by atoms with van der Waals surface area (Å²) in [5, 5.41) is 4.85. The van der Waals surface area contributed by atoms with Gasteiger partial charge in [-0.25, -0.2) is 26.3 Å². The van der Waals surface area contributed by atoms with Crippen molar-refractivity contribution in [3.05, 3.63) is 42.5 Å². The smallest absolute Gasteiger partial charge is 0.286 e. The maximum Gasteiger partial charge on any atom is 0.286 e. The first-order valence-electron chi connectivity index (χ1n) is 9.30. The number of hydrogen-bond donors (Lipinski definition) is 2. The fraction of sp³-hybridized carbons (Fsp3) is 0.278. The zero-order chi connectivity index (χ0) is 23.9. The standard InChI is InChI=1S/C12H15N3O4S2.C6H8N2O2S/c1-14(2)21(18,19)9-5-6-10-11(8-9)20(16,17)13-12-4-3-7-15(10)12;7-5-3-1-2-4-6(5)11(8,9)10/h5-6,8H,3-4,7H2,1-2H3;1-4H,7H2,(H2,8,9,10). The van der Waals surface area contributed by atoms with Gasteiger partial charge in [-0.05, 0) is 36.8 Å². The highest BCUT2D eigenvalue weighted by atomic mass is 32.2. The van der Waals surface area contributed by atoms with E-state index < -0.39 is 30.1 Å². The monoisotopic (exact) mass is 501 g/mol. The van der Waals surface area contributed by atoms with Crippen LogP contribution in [-0.2, 0) is 30.1 Å². The number of rotatable bonds is 3. The molecule has 32 heavy (non-hydrogen) atoms. The molecule has 1 fully saturated rings. The lowest BCUT2D eigenvalue weighted by molar-refractivity contribution is 0.520. The van der Waals surface area contributed by atoms with Crippen molar-refractivity contribution in [3.63, 3.8) is 0 Å². The molecular formula is C18H23N5O6S3. The number of primary sulfonamides is 1. The van der Waals surface area contributed by atoms with Crippen molar-refractivity contribution in [2.45, 2.75) is 27.5 Å². The maximum absolute atomic E-state index is 12.2. The molecule has 174 valence electrons. The summed E-state index contributed by atoms with van der Waals surface area (Å²) >= 11 is 0. The van der Waals surface area contributed by atoms with Crippen LogP contribution in [0.2, 0.25) is 0 Å². The van der Waals surface area contributed by atoms with Gasteiger partial charge in [0.15, 0.2) is 0 Å². The minimum Gasteiger partial charge on any atom is -0.398 e. The maximum atomic E-state index is 12.2. The molecule has 0 radical (unpaired) electrons. The molecule has 2 aromatic rings. The SMILES string of the molecule is CN(C)S(=O)(=O)c1ccc2c(c1)S(=O)(=O)N=C1CCCN12.Nc1ccccc1S(N)(=O)=O. The Balaban J connectivity index is 0.000000222. The van der Waals surface area contributed by atoms with Gasteiger partial charge < -0.3 is 10.6 Å². The number of hydrogen-bond acceptors (Lipinski definition) is 8. The Morgan fingerprint density at radius 3 is 2.28 bits per heavy atom. The Hall–Kier alpha value is -2.52. The summed E-state index contributed by atoms with van der Waals surface area (Å²) in [6, 6.07) is 10.2. The van der Waals surface area contributed by atoms with E-state index in [1.807, 2.05) is 4.90 Å². The summed E-state index contributed by atoms with van der Waals surface area (Å²) in [6.45, 7) is 0.696. The zero-order valence-corrected chi connectivity index (χ0v) is 19.8. The molecule has 2 aromatic carbocycles. The Bertz CT molecular complexity index is 1400. The fourth-order valence-corrected chi connectivity index (χ4v) is 6.19.